The number of amides is 2. The van der Waals surface area contributed by atoms with Crippen molar-refractivity contribution in [2.24, 2.45) is 0 Å². The first-order valence-electron chi connectivity index (χ1n) is 10.8. The zero-order valence-electron chi connectivity index (χ0n) is 18.5. The minimum Gasteiger partial charge on any atom is -0.378 e. The number of aromatic nitrogens is 2. The summed E-state index contributed by atoms with van der Waals surface area (Å²) in [5, 5.41) is 3.85. The third-order valence-electron chi connectivity index (χ3n) is 5.57. The van der Waals surface area contributed by atoms with Gasteiger partial charge in [-0.15, -0.1) is 0 Å². The Morgan fingerprint density at radius 3 is 2.50 bits per heavy atom. The fourth-order valence-corrected chi connectivity index (χ4v) is 4.58. The molecule has 0 aliphatic carbocycles. The summed E-state index contributed by atoms with van der Waals surface area (Å²) in [6, 6.07) is 11.9. The van der Waals surface area contributed by atoms with Crippen LogP contribution in [0.25, 0.3) is 10.3 Å². The van der Waals surface area contributed by atoms with E-state index in [1.165, 1.54) is 0 Å². The maximum absolute atomic E-state index is 12.6. The molecule has 1 fully saturated rings. The Bertz CT molecular complexity index is 1040. The Kier molecular flexibility index (Phi) is 6.84. The van der Waals surface area contributed by atoms with Gasteiger partial charge in [-0.3, -0.25) is 9.59 Å². The van der Waals surface area contributed by atoms with Crippen molar-refractivity contribution in [3.05, 3.63) is 48.2 Å². The molecule has 1 aliphatic rings. The molecule has 0 saturated carbocycles. The lowest BCUT2D eigenvalue weighted by molar-refractivity contribution is -0.133. The Morgan fingerprint density at radius 1 is 1.06 bits per heavy atom. The smallest absolute Gasteiger partial charge is 0.223 e. The SMILES string of the molecule is CN(C)c1ccc(CNC(=O)CCC(=O)N2CCN(c3nc4cccnc4s3)CC2)cc1. The molecule has 0 unspecified atom stereocenters. The van der Waals surface area contributed by atoms with Gasteiger partial charge in [0.2, 0.25) is 11.8 Å². The lowest BCUT2D eigenvalue weighted by Crippen LogP contribution is -2.48. The average molecular weight is 453 g/mol. The molecule has 1 aliphatic heterocycles. The molecule has 4 rings (SSSR count). The number of benzene rings is 1. The van der Waals surface area contributed by atoms with E-state index < -0.39 is 0 Å². The van der Waals surface area contributed by atoms with Crippen molar-refractivity contribution in [2.75, 3.05) is 50.1 Å². The van der Waals surface area contributed by atoms with Gasteiger partial charge in [0, 0.05) is 71.5 Å². The van der Waals surface area contributed by atoms with Crippen molar-refractivity contribution >= 4 is 44.3 Å². The fourth-order valence-electron chi connectivity index (χ4n) is 3.62. The number of piperazine rings is 1. The number of hydrogen-bond acceptors (Lipinski definition) is 7. The van der Waals surface area contributed by atoms with Gasteiger partial charge in [0.25, 0.3) is 0 Å². The van der Waals surface area contributed by atoms with Gasteiger partial charge in [0.05, 0.1) is 0 Å². The molecule has 0 atom stereocenters. The number of anilines is 2. The largest absolute Gasteiger partial charge is 0.378 e. The summed E-state index contributed by atoms with van der Waals surface area (Å²) < 4.78 is 0. The molecular weight excluding hydrogens is 424 g/mol. The van der Waals surface area contributed by atoms with Crippen LogP contribution < -0.4 is 15.1 Å². The predicted molar refractivity (Wildman–Crippen MR) is 128 cm³/mol. The zero-order valence-corrected chi connectivity index (χ0v) is 19.3. The van der Waals surface area contributed by atoms with Crippen molar-refractivity contribution < 1.29 is 9.59 Å². The molecule has 1 N–H and O–H groups in total. The van der Waals surface area contributed by atoms with Crippen LogP contribution in [0.4, 0.5) is 10.8 Å². The first-order valence-corrected chi connectivity index (χ1v) is 11.6. The monoisotopic (exact) mass is 452 g/mol. The molecular formula is C23H28N6O2S. The van der Waals surface area contributed by atoms with Crippen LogP contribution in [-0.2, 0) is 16.1 Å². The van der Waals surface area contributed by atoms with Crippen LogP contribution in [0.3, 0.4) is 0 Å². The second-order valence-corrected chi connectivity index (χ2v) is 8.99. The Balaban J connectivity index is 1.19. The number of thiazole rings is 1. The van der Waals surface area contributed by atoms with Gasteiger partial charge in [0.15, 0.2) is 5.13 Å². The van der Waals surface area contributed by atoms with E-state index in [0.717, 1.165) is 39.8 Å². The van der Waals surface area contributed by atoms with Gasteiger partial charge in [-0.05, 0) is 29.8 Å². The van der Waals surface area contributed by atoms with Crippen molar-refractivity contribution in [3.63, 3.8) is 0 Å². The minimum absolute atomic E-state index is 0.0288. The molecule has 3 heterocycles. The number of carbonyl (C=O) groups excluding carboxylic acids is 2. The van der Waals surface area contributed by atoms with Crippen molar-refractivity contribution in [2.45, 2.75) is 19.4 Å². The molecule has 8 nitrogen and oxygen atoms in total. The van der Waals surface area contributed by atoms with E-state index in [2.05, 4.69) is 20.2 Å². The lowest BCUT2D eigenvalue weighted by atomic mass is 10.2. The highest BCUT2D eigenvalue weighted by Crippen LogP contribution is 2.27. The van der Waals surface area contributed by atoms with Gasteiger partial charge in [-0.1, -0.05) is 23.5 Å². The molecule has 1 aromatic carbocycles. The van der Waals surface area contributed by atoms with Crippen LogP contribution in [0, 0.1) is 0 Å². The second-order valence-electron chi connectivity index (χ2n) is 8.03. The summed E-state index contributed by atoms with van der Waals surface area (Å²) in [5.41, 5.74) is 3.06. The molecule has 0 radical (unpaired) electrons. The van der Waals surface area contributed by atoms with Gasteiger partial charge < -0.3 is 20.0 Å². The highest BCUT2D eigenvalue weighted by molar-refractivity contribution is 7.21. The van der Waals surface area contributed by atoms with E-state index in [4.69, 9.17) is 0 Å². The molecule has 0 bridgehead atoms. The van der Waals surface area contributed by atoms with Crippen LogP contribution in [-0.4, -0.2) is 67.0 Å². The third kappa shape index (κ3) is 5.34. The number of rotatable bonds is 7. The Morgan fingerprint density at radius 2 is 1.81 bits per heavy atom. The number of nitrogens with one attached hydrogen (secondary N) is 1. The van der Waals surface area contributed by atoms with Crippen LogP contribution in [0.2, 0.25) is 0 Å². The first-order chi connectivity index (χ1) is 15.5. The molecule has 168 valence electrons. The normalized spacial score (nSPS) is 13.9. The fraction of sp³-hybridized carbons (Fsp3) is 0.391. The van der Waals surface area contributed by atoms with Gasteiger partial charge in [0.1, 0.15) is 10.3 Å². The maximum atomic E-state index is 12.6. The number of hydrogen-bond donors (Lipinski definition) is 1. The topological polar surface area (TPSA) is 81.7 Å². The zero-order chi connectivity index (χ0) is 22.5. The molecule has 0 spiro atoms. The lowest BCUT2D eigenvalue weighted by Gasteiger charge is -2.34. The van der Waals surface area contributed by atoms with Crippen molar-refractivity contribution in [1.29, 1.82) is 0 Å². The van der Waals surface area contributed by atoms with Crippen LogP contribution >= 0.6 is 11.3 Å². The quantitative estimate of drug-likeness (QED) is 0.593. The van der Waals surface area contributed by atoms with Crippen LogP contribution in [0.5, 0.6) is 0 Å². The maximum Gasteiger partial charge on any atom is 0.223 e. The van der Waals surface area contributed by atoms with Crippen molar-refractivity contribution in [3.8, 4) is 0 Å². The predicted octanol–water partition coefficient (Wildman–Crippen LogP) is 2.50. The number of carbonyl (C=O) groups is 2. The summed E-state index contributed by atoms with van der Waals surface area (Å²) in [6.45, 7) is 3.22. The highest BCUT2D eigenvalue weighted by atomic mass is 32.1. The third-order valence-corrected chi connectivity index (χ3v) is 6.61. The van der Waals surface area contributed by atoms with E-state index in [-0.39, 0.29) is 24.7 Å². The van der Waals surface area contributed by atoms with E-state index >= 15 is 0 Å². The van der Waals surface area contributed by atoms with Crippen molar-refractivity contribution in [1.82, 2.24) is 20.2 Å². The molecule has 2 amide bonds. The second kappa shape index (κ2) is 9.95. The molecule has 3 aromatic rings. The van der Waals surface area contributed by atoms with E-state index in [0.29, 0.717) is 19.6 Å². The summed E-state index contributed by atoms with van der Waals surface area (Å²) in [5.74, 6) is -0.0725. The van der Waals surface area contributed by atoms with Gasteiger partial charge >= 0.3 is 0 Å². The Labute approximate surface area is 191 Å². The first kappa shape index (κ1) is 22.0. The van der Waals surface area contributed by atoms with Crippen LogP contribution in [0.1, 0.15) is 18.4 Å². The van der Waals surface area contributed by atoms with E-state index in [1.807, 2.05) is 60.3 Å². The Hall–Kier alpha value is -3.20. The number of fused-ring (bicyclic) bond motifs is 1. The molecule has 1 saturated heterocycles. The minimum atomic E-state index is -0.101. The standard InChI is InChI=1S/C23H28N6O2S/c1-27(2)18-7-5-17(6-8-18)16-25-20(30)9-10-21(31)28-12-14-29(15-13-28)23-26-19-4-3-11-24-22(19)32-23/h3-8,11H,9-10,12-16H2,1-2H3,(H,25,30). The highest BCUT2D eigenvalue weighted by Gasteiger charge is 2.23. The summed E-state index contributed by atoms with van der Waals surface area (Å²) in [4.78, 5) is 40.8. The molecule has 9 heteroatoms. The van der Waals surface area contributed by atoms with Gasteiger partial charge in [-0.2, -0.15) is 0 Å². The van der Waals surface area contributed by atoms with E-state index in [9.17, 15) is 9.59 Å². The van der Waals surface area contributed by atoms with Gasteiger partial charge in [-0.25, -0.2) is 9.97 Å². The summed E-state index contributed by atoms with van der Waals surface area (Å²) in [6.07, 6.45) is 2.21. The summed E-state index contributed by atoms with van der Waals surface area (Å²) in [7, 11) is 3.98. The number of nitrogens with zero attached hydrogens (tertiary/aromatic N) is 5. The van der Waals surface area contributed by atoms with E-state index in [1.54, 1.807) is 17.5 Å². The average Bonchev–Trinajstić information content (AvgIpc) is 3.26. The molecule has 2 aromatic heterocycles. The summed E-state index contributed by atoms with van der Waals surface area (Å²) >= 11 is 1.58. The molecule has 32 heavy (non-hydrogen) atoms. The van der Waals surface area contributed by atoms with Crippen LogP contribution in [0.15, 0.2) is 42.6 Å². The number of pyridine rings is 1.